The second kappa shape index (κ2) is 9.76. The summed E-state index contributed by atoms with van der Waals surface area (Å²) >= 11 is 0. The van der Waals surface area contributed by atoms with Gasteiger partial charge >= 0.3 is 0 Å². The molecule has 3 rings (SSSR count). The van der Waals surface area contributed by atoms with Gasteiger partial charge in [0.05, 0.1) is 36.5 Å². The Morgan fingerprint density at radius 2 is 1.10 bits per heavy atom. The molecule has 0 spiro atoms. The standard InChI is InChI=1S/C20H27F3O5S/c21-17-15(11-27-13-7-3-1-4-8-13)18(22)20(29(24,25)26)19(23)16(17)12-28-14-9-5-2-6-10-14/h13-14H,1-12H2,(H,24,25,26). The number of rotatable bonds is 7. The second-order valence-corrected chi connectivity index (χ2v) is 9.20. The molecule has 0 heterocycles. The van der Waals surface area contributed by atoms with Gasteiger partial charge in [-0.2, -0.15) is 8.42 Å². The molecular formula is C20H27F3O5S. The molecule has 29 heavy (non-hydrogen) atoms. The van der Waals surface area contributed by atoms with Gasteiger partial charge in [0.1, 0.15) is 5.82 Å². The van der Waals surface area contributed by atoms with Crippen LogP contribution in [0.15, 0.2) is 4.90 Å². The summed E-state index contributed by atoms with van der Waals surface area (Å²) < 4.78 is 87.9. The molecule has 0 aliphatic heterocycles. The van der Waals surface area contributed by atoms with E-state index in [1.165, 1.54) is 0 Å². The van der Waals surface area contributed by atoms with E-state index in [1.54, 1.807) is 0 Å². The topological polar surface area (TPSA) is 72.8 Å². The Hall–Kier alpha value is -1.16. The maximum Gasteiger partial charge on any atom is 0.300 e. The van der Waals surface area contributed by atoms with Gasteiger partial charge in [-0.15, -0.1) is 0 Å². The van der Waals surface area contributed by atoms with Crippen LogP contribution in [-0.4, -0.2) is 25.2 Å². The predicted octanol–water partition coefficient (Wildman–Crippen LogP) is 5.05. The minimum absolute atomic E-state index is 0.191. The van der Waals surface area contributed by atoms with Crippen molar-refractivity contribution in [1.82, 2.24) is 0 Å². The van der Waals surface area contributed by atoms with Gasteiger partial charge in [-0.1, -0.05) is 38.5 Å². The third-order valence-electron chi connectivity index (χ3n) is 5.75. The van der Waals surface area contributed by atoms with E-state index in [4.69, 9.17) is 9.47 Å². The molecule has 2 fully saturated rings. The molecule has 1 N–H and O–H groups in total. The monoisotopic (exact) mass is 436 g/mol. The quantitative estimate of drug-likeness (QED) is 0.606. The zero-order valence-electron chi connectivity index (χ0n) is 16.3. The first-order chi connectivity index (χ1) is 13.8. The van der Waals surface area contributed by atoms with Crippen LogP contribution in [0.1, 0.15) is 75.3 Å². The van der Waals surface area contributed by atoms with E-state index in [0.29, 0.717) is 0 Å². The van der Waals surface area contributed by atoms with Gasteiger partial charge in [-0.25, -0.2) is 13.2 Å². The first-order valence-corrected chi connectivity index (χ1v) is 11.6. The molecule has 0 amide bonds. The number of ether oxygens (including phenoxy) is 2. The summed E-state index contributed by atoms with van der Waals surface area (Å²) in [6.45, 7) is -1.08. The Labute approximate surface area is 169 Å². The summed E-state index contributed by atoms with van der Waals surface area (Å²) in [4.78, 5) is -1.55. The van der Waals surface area contributed by atoms with Crippen molar-refractivity contribution in [2.75, 3.05) is 0 Å². The maximum atomic E-state index is 15.0. The summed E-state index contributed by atoms with van der Waals surface area (Å²) in [6.07, 6.45) is 8.48. The van der Waals surface area contributed by atoms with Gasteiger partial charge in [-0.05, 0) is 25.7 Å². The lowest BCUT2D eigenvalue weighted by Crippen LogP contribution is -2.21. The molecule has 0 saturated heterocycles. The molecule has 0 bridgehead atoms. The molecule has 0 aromatic heterocycles. The Bertz CT molecular complexity index is 767. The van der Waals surface area contributed by atoms with Crippen LogP contribution in [0.3, 0.4) is 0 Å². The third kappa shape index (κ3) is 5.51. The van der Waals surface area contributed by atoms with Crippen molar-refractivity contribution in [3.63, 3.8) is 0 Å². The van der Waals surface area contributed by atoms with Gasteiger partial charge in [0, 0.05) is 0 Å². The van der Waals surface area contributed by atoms with Crippen LogP contribution in [0.4, 0.5) is 13.2 Å². The van der Waals surface area contributed by atoms with Gasteiger partial charge < -0.3 is 9.47 Å². The van der Waals surface area contributed by atoms with E-state index in [0.717, 1.165) is 64.2 Å². The van der Waals surface area contributed by atoms with Crippen LogP contribution in [0.5, 0.6) is 0 Å². The van der Waals surface area contributed by atoms with E-state index >= 15 is 0 Å². The Morgan fingerprint density at radius 1 is 0.724 bits per heavy atom. The van der Waals surface area contributed by atoms with Crippen molar-refractivity contribution < 1.29 is 35.6 Å². The van der Waals surface area contributed by atoms with Crippen molar-refractivity contribution in [3.8, 4) is 0 Å². The molecule has 164 valence electrons. The van der Waals surface area contributed by atoms with Gasteiger partial charge in [0.2, 0.25) is 0 Å². The molecule has 5 nitrogen and oxygen atoms in total. The average Bonchev–Trinajstić information content (AvgIpc) is 2.68. The Balaban J connectivity index is 1.88. The fourth-order valence-electron chi connectivity index (χ4n) is 4.09. The van der Waals surface area contributed by atoms with Crippen molar-refractivity contribution in [2.24, 2.45) is 0 Å². The SMILES string of the molecule is O=S(=O)(O)c1c(F)c(COC2CCCCC2)c(F)c(COC2CCCCC2)c1F. The van der Waals surface area contributed by atoms with E-state index in [9.17, 15) is 26.1 Å². The first-order valence-electron chi connectivity index (χ1n) is 10.2. The molecule has 1 aromatic rings. The lowest BCUT2D eigenvalue weighted by Gasteiger charge is -2.24. The first kappa shape index (κ1) is 22.5. The predicted molar refractivity (Wildman–Crippen MR) is 99.5 cm³/mol. The van der Waals surface area contributed by atoms with Crippen LogP contribution in [-0.2, 0) is 32.8 Å². The summed E-state index contributed by atoms with van der Waals surface area (Å²) in [5.74, 6) is -4.53. The average molecular weight is 436 g/mol. The molecule has 2 saturated carbocycles. The smallest absolute Gasteiger partial charge is 0.300 e. The van der Waals surface area contributed by atoms with Gasteiger partial charge in [0.25, 0.3) is 10.1 Å². The zero-order valence-corrected chi connectivity index (χ0v) is 17.1. The minimum atomic E-state index is -5.24. The van der Waals surface area contributed by atoms with E-state index in [2.05, 4.69) is 0 Å². The highest BCUT2D eigenvalue weighted by Gasteiger charge is 2.32. The molecule has 0 unspecified atom stereocenters. The summed E-state index contributed by atoms with van der Waals surface area (Å²) in [7, 11) is -5.24. The van der Waals surface area contributed by atoms with E-state index in [1.807, 2.05) is 0 Å². The van der Waals surface area contributed by atoms with Crippen LogP contribution < -0.4 is 0 Å². The Morgan fingerprint density at radius 3 is 1.45 bits per heavy atom. The van der Waals surface area contributed by atoms with Crippen LogP contribution in [0.25, 0.3) is 0 Å². The van der Waals surface area contributed by atoms with E-state index < -0.39 is 56.8 Å². The fraction of sp³-hybridized carbons (Fsp3) is 0.700. The van der Waals surface area contributed by atoms with E-state index in [-0.39, 0.29) is 12.2 Å². The highest BCUT2D eigenvalue weighted by molar-refractivity contribution is 7.85. The highest BCUT2D eigenvalue weighted by Crippen LogP contribution is 2.32. The van der Waals surface area contributed by atoms with Crippen LogP contribution >= 0.6 is 0 Å². The Kier molecular flexibility index (Phi) is 7.58. The third-order valence-corrected chi connectivity index (χ3v) is 6.62. The lowest BCUT2D eigenvalue weighted by atomic mass is 9.97. The minimum Gasteiger partial charge on any atom is -0.373 e. The highest BCUT2D eigenvalue weighted by atomic mass is 32.2. The zero-order chi connectivity index (χ0) is 21.0. The second-order valence-electron chi connectivity index (χ2n) is 7.85. The van der Waals surface area contributed by atoms with Crippen molar-refractivity contribution >= 4 is 10.1 Å². The summed E-state index contributed by atoms with van der Waals surface area (Å²) in [5.41, 5.74) is -1.40. The molecule has 2 aliphatic carbocycles. The number of benzene rings is 1. The molecule has 0 atom stereocenters. The number of halogens is 3. The lowest BCUT2D eigenvalue weighted by molar-refractivity contribution is 0.00944. The van der Waals surface area contributed by atoms with Crippen molar-refractivity contribution in [3.05, 3.63) is 28.6 Å². The van der Waals surface area contributed by atoms with Gasteiger partial charge in [-0.3, -0.25) is 4.55 Å². The molecule has 1 aromatic carbocycles. The van der Waals surface area contributed by atoms with Crippen molar-refractivity contribution in [1.29, 1.82) is 0 Å². The largest absolute Gasteiger partial charge is 0.373 e. The maximum absolute atomic E-state index is 15.0. The number of hydrogen-bond acceptors (Lipinski definition) is 4. The molecule has 0 radical (unpaired) electrons. The number of hydrogen-bond donors (Lipinski definition) is 1. The molecular weight excluding hydrogens is 409 g/mol. The summed E-state index contributed by atoms with van der Waals surface area (Å²) in [5, 5.41) is 0. The molecule has 2 aliphatic rings. The normalized spacial score (nSPS) is 19.6. The molecule has 9 heteroatoms. The summed E-state index contributed by atoms with van der Waals surface area (Å²) in [6, 6.07) is 0. The van der Waals surface area contributed by atoms with Crippen LogP contribution in [0.2, 0.25) is 0 Å². The van der Waals surface area contributed by atoms with Crippen LogP contribution in [0, 0.1) is 17.5 Å². The van der Waals surface area contributed by atoms with Crippen molar-refractivity contribution in [2.45, 2.75) is 94.5 Å². The fourth-order valence-corrected chi connectivity index (χ4v) is 4.79. The van der Waals surface area contributed by atoms with Gasteiger partial charge in [0.15, 0.2) is 16.5 Å².